The fourth-order valence-electron chi connectivity index (χ4n) is 2.98. The highest BCUT2D eigenvalue weighted by atomic mass is 16.4. The highest BCUT2D eigenvalue weighted by Crippen LogP contribution is 2.12. The normalized spacial score (nSPS) is 12.2. The third-order valence-corrected chi connectivity index (χ3v) is 4.73. The van der Waals surface area contributed by atoms with Gasteiger partial charge in [0.05, 0.1) is 0 Å². The van der Waals surface area contributed by atoms with Gasteiger partial charge in [-0.2, -0.15) is 0 Å². The largest absolute Gasteiger partial charge is 0.480 e. The molecule has 0 aliphatic rings. The van der Waals surface area contributed by atoms with Gasteiger partial charge >= 0.3 is 5.97 Å². The van der Waals surface area contributed by atoms with Crippen LogP contribution in [0.1, 0.15) is 104 Å². The predicted molar refractivity (Wildman–Crippen MR) is 105 cm³/mol. The SMILES string of the molecule is CCCCCCCCCCCCCCC(=O)C(=O)N[C@H](C(=O)O)C(C)C. The van der Waals surface area contributed by atoms with Gasteiger partial charge in [-0.15, -0.1) is 0 Å². The summed E-state index contributed by atoms with van der Waals surface area (Å²) in [6, 6.07) is -1.01. The summed E-state index contributed by atoms with van der Waals surface area (Å²) in [5, 5.41) is 11.4. The Balaban J connectivity index is 3.62. The average Bonchev–Trinajstić information content (AvgIpc) is 2.59. The monoisotopic (exact) mass is 369 g/mol. The van der Waals surface area contributed by atoms with Crippen LogP contribution in [0.25, 0.3) is 0 Å². The molecule has 0 aliphatic carbocycles. The van der Waals surface area contributed by atoms with E-state index in [0.29, 0.717) is 6.42 Å². The topological polar surface area (TPSA) is 83.5 Å². The molecule has 5 heteroatoms. The van der Waals surface area contributed by atoms with Gasteiger partial charge in [0.25, 0.3) is 5.91 Å². The first-order valence-electron chi connectivity index (χ1n) is 10.5. The molecule has 0 unspecified atom stereocenters. The van der Waals surface area contributed by atoms with Gasteiger partial charge in [0.15, 0.2) is 0 Å². The second-order valence-corrected chi connectivity index (χ2v) is 7.60. The number of hydrogen-bond donors (Lipinski definition) is 2. The van der Waals surface area contributed by atoms with Crippen LogP contribution in [0.2, 0.25) is 0 Å². The van der Waals surface area contributed by atoms with Crippen LogP contribution in [0, 0.1) is 5.92 Å². The summed E-state index contributed by atoms with van der Waals surface area (Å²) >= 11 is 0. The number of carboxylic acids is 1. The van der Waals surface area contributed by atoms with E-state index >= 15 is 0 Å². The summed E-state index contributed by atoms with van der Waals surface area (Å²) in [6.45, 7) is 5.64. The van der Waals surface area contributed by atoms with E-state index in [4.69, 9.17) is 5.11 Å². The Kier molecular flexibility index (Phi) is 15.0. The molecule has 1 amide bonds. The van der Waals surface area contributed by atoms with Gasteiger partial charge in [-0.1, -0.05) is 91.4 Å². The van der Waals surface area contributed by atoms with Crippen molar-refractivity contribution in [1.82, 2.24) is 5.32 Å². The Morgan fingerprint density at radius 3 is 1.58 bits per heavy atom. The van der Waals surface area contributed by atoms with Gasteiger partial charge in [-0.25, -0.2) is 4.79 Å². The maximum Gasteiger partial charge on any atom is 0.326 e. The number of aliphatic carboxylic acids is 1. The molecule has 0 rings (SSSR count). The van der Waals surface area contributed by atoms with Crippen LogP contribution in [0.4, 0.5) is 0 Å². The van der Waals surface area contributed by atoms with Crippen molar-refractivity contribution in [1.29, 1.82) is 0 Å². The van der Waals surface area contributed by atoms with Gasteiger partial charge in [-0.05, 0) is 12.3 Å². The molecule has 0 heterocycles. The first-order chi connectivity index (χ1) is 12.4. The number of amides is 1. The lowest BCUT2D eigenvalue weighted by molar-refractivity contribution is -0.145. The molecular formula is C21H39NO4. The second-order valence-electron chi connectivity index (χ2n) is 7.60. The van der Waals surface area contributed by atoms with Gasteiger partial charge in [-0.3, -0.25) is 9.59 Å². The molecule has 0 spiro atoms. The standard InChI is InChI=1S/C21H39NO4/c1-4-5-6-7-8-9-10-11-12-13-14-15-16-18(23)20(24)22-19(17(2)3)21(25)26/h17,19H,4-16H2,1-3H3,(H,22,24)(H,25,26)/t19-/m0/s1. The predicted octanol–water partition coefficient (Wildman–Crippen LogP) is 4.87. The highest BCUT2D eigenvalue weighted by molar-refractivity contribution is 6.36. The number of carboxylic acid groups (broad SMARTS) is 1. The minimum Gasteiger partial charge on any atom is -0.480 e. The average molecular weight is 370 g/mol. The maximum absolute atomic E-state index is 11.8. The number of hydrogen-bond acceptors (Lipinski definition) is 3. The van der Waals surface area contributed by atoms with Crippen LogP contribution >= 0.6 is 0 Å². The van der Waals surface area contributed by atoms with Crippen molar-refractivity contribution < 1.29 is 19.5 Å². The van der Waals surface area contributed by atoms with Crippen molar-refractivity contribution >= 4 is 17.7 Å². The van der Waals surface area contributed by atoms with Crippen LogP contribution in [-0.4, -0.2) is 28.8 Å². The van der Waals surface area contributed by atoms with E-state index in [0.717, 1.165) is 12.8 Å². The zero-order valence-corrected chi connectivity index (χ0v) is 17.0. The molecule has 0 aromatic rings. The van der Waals surface area contributed by atoms with Crippen LogP contribution in [-0.2, 0) is 14.4 Å². The van der Waals surface area contributed by atoms with E-state index in [1.54, 1.807) is 13.8 Å². The van der Waals surface area contributed by atoms with E-state index in [9.17, 15) is 14.4 Å². The molecule has 0 aliphatic heterocycles. The van der Waals surface area contributed by atoms with Crippen molar-refractivity contribution in [2.45, 2.75) is 110 Å². The summed E-state index contributed by atoms with van der Waals surface area (Å²) in [5.41, 5.74) is 0. The zero-order valence-electron chi connectivity index (χ0n) is 17.0. The zero-order chi connectivity index (χ0) is 19.8. The van der Waals surface area contributed by atoms with Gasteiger partial charge in [0, 0.05) is 6.42 Å². The highest BCUT2D eigenvalue weighted by Gasteiger charge is 2.25. The Bertz CT molecular complexity index is 407. The maximum atomic E-state index is 11.8. The van der Waals surface area contributed by atoms with Crippen LogP contribution in [0.5, 0.6) is 0 Å². The van der Waals surface area contributed by atoms with E-state index in [1.807, 2.05) is 0 Å². The molecule has 0 saturated heterocycles. The molecule has 0 radical (unpaired) electrons. The smallest absolute Gasteiger partial charge is 0.326 e. The Morgan fingerprint density at radius 2 is 1.19 bits per heavy atom. The number of Topliss-reactive ketones (excluding diaryl/α,β-unsaturated/α-hetero) is 1. The lowest BCUT2D eigenvalue weighted by Crippen LogP contribution is -2.46. The number of carbonyl (C=O) groups is 3. The van der Waals surface area contributed by atoms with Gasteiger partial charge in [0.2, 0.25) is 5.78 Å². The van der Waals surface area contributed by atoms with Crippen molar-refractivity contribution in [2.75, 3.05) is 0 Å². The van der Waals surface area contributed by atoms with Crippen molar-refractivity contribution in [2.24, 2.45) is 5.92 Å². The fraction of sp³-hybridized carbons (Fsp3) is 0.857. The molecule has 0 aromatic heterocycles. The molecule has 1 atom stereocenters. The van der Waals surface area contributed by atoms with Crippen LogP contribution in [0.15, 0.2) is 0 Å². The second kappa shape index (κ2) is 15.8. The number of rotatable bonds is 17. The number of carbonyl (C=O) groups excluding carboxylic acids is 2. The van der Waals surface area contributed by atoms with Crippen molar-refractivity contribution in [3.63, 3.8) is 0 Å². The Hall–Kier alpha value is -1.39. The molecule has 0 fully saturated rings. The number of unbranched alkanes of at least 4 members (excludes halogenated alkanes) is 11. The van der Waals surface area contributed by atoms with Crippen LogP contribution < -0.4 is 5.32 Å². The van der Waals surface area contributed by atoms with Crippen molar-refractivity contribution in [3.05, 3.63) is 0 Å². The summed E-state index contributed by atoms with van der Waals surface area (Å²) < 4.78 is 0. The molecule has 0 bridgehead atoms. The third-order valence-electron chi connectivity index (χ3n) is 4.73. The summed E-state index contributed by atoms with van der Waals surface area (Å²) in [4.78, 5) is 34.6. The van der Waals surface area contributed by atoms with E-state index < -0.39 is 23.7 Å². The molecule has 5 nitrogen and oxygen atoms in total. The third kappa shape index (κ3) is 12.9. The summed E-state index contributed by atoms with van der Waals surface area (Å²) in [7, 11) is 0. The van der Waals surface area contributed by atoms with Crippen molar-refractivity contribution in [3.8, 4) is 0 Å². The molecule has 26 heavy (non-hydrogen) atoms. The molecular weight excluding hydrogens is 330 g/mol. The number of nitrogens with one attached hydrogen (secondary N) is 1. The molecule has 0 aromatic carbocycles. The minimum absolute atomic E-state index is 0.202. The first-order valence-corrected chi connectivity index (χ1v) is 10.5. The van der Waals surface area contributed by atoms with E-state index in [2.05, 4.69) is 12.2 Å². The first kappa shape index (κ1) is 24.6. The van der Waals surface area contributed by atoms with E-state index in [-0.39, 0.29) is 12.3 Å². The van der Waals surface area contributed by atoms with Crippen LogP contribution in [0.3, 0.4) is 0 Å². The van der Waals surface area contributed by atoms with Gasteiger partial charge in [0.1, 0.15) is 6.04 Å². The van der Waals surface area contributed by atoms with E-state index in [1.165, 1.54) is 57.8 Å². The minimum atomic E-state index is -1.11. The number of ketones is 1. The lowest BCUT2D eigenvalue weighted by atomic mass is 10.0. The quantitative estimate of drug-likeness (QED) is 0.283. The molecule has 2 N–H and O–H groups in total. The summed E-state index contributed by atoms with van der Waals surface area (Å²) in [6.07, 6.45) is 14.7. The Labute approximate surface area is 159 Å². The molecule has 152 valence electrons. The summed E-state index contributed by atoms with van der Waals surface area (Å²) in [5.74, 6) is -2.64. The van der Waals surface area contributed by atoms with Gasteiger partial charge < -0.3 is 10.4 Å². The fourth-order valence-corrected chi connectivity index (χ4v) is 2.98. The molecule has 0 saturated carbocycles. The lowest BCUT2D eigenvalue weighted by Gasteiger charge is -2.17. The Morgan fingerprint density at radius 1 is 0.769 bits per heavy atom.